The monoisotopic (exact) mass is 275 g/mol. The van der Waals surface area contributed by atoms with Crippen molar-refractivity contribution in [3.05, 3.63) is 35.4 Å². The van der Waals surface area contributed by atoms with Gasteiger partial charge in [0.1, 0.15) is 4.99 Å². The van der Waals surface area contributed by atoms with Crippen LogP contribution in [0.15, 0.2) is 24.3 Å². The van der Waals surface area contributed by atoms with E-state index in [1.807, 2.05) is 12.1 Å². The van der Waals surface area contributed by atoms with Crippen molar-refractivity contribution in [1.29, 1.82) is 0 Å². The van der Waals surface area contributed by atoms with Gasteiger partial charge in [0, 0.05) is 37.8 Å². The van der Waals surface area contributed by atoms with Gasteiger partial charge in [-0.05, 0) is 24.9 Å². The first-order valence-corrected chi connectivity index (χ1v) is 7.48. The van der Waals surface area contributed by atoms with Crippen molar-refractivity contribution >= 4 is 17.2 Å². The van der Waals surface area contributed by atoms with Crippen LogP contribution in [0, 0.1) is 0 Å². The summed E-state index contributed by atoms with van der Waals surface area (Å²) in [6, 6.07) is 9.16. The molecule has 0 bridgehead atoms. The molecule has 0 amide bonds. The maximum Gasteiger partial charge on any atom is 0.103 e. The van der Waals surface area contributed by atoms with E-state index in [-0.39, 0.29) is 0 Å². The maximum atomic E-state index is 5.62. The lowest BCUT2D eigenvalue weighted by molar-refractivity contribution is 0.0994. The highest BCUT2D eigenvalue weighted by Crippen LogP contribution is 2.22. The van der Waals surface area contributed by atoms with E-state index in [9.17, 15) is 0 Å². The van der Waals surface area contributed by atoms with Gasteiger partial charge in [-0.3, -0.25) is 9.80 Å². The van der Waals surface area contributed by atoms with Crippen LogP contribution in [0.3, 0.4) is 0 Å². The predicted octanol–water partition coefficient (Wildman–Crippen LogP) is 1.60. The standard InChI is InChI=1S/C15H21N3S/c16-15(19)13-5-3-12(4-6-13)10-17-8-9-18-7-1-2-14(18)11-17/h3-6,14H,1-2,7-11H2,(H2,16,19). The molecule has 0 saturated carbocycles. The van der Waals surface area contributed by atoms with Crippen molar-refractivity contribution in [2.45, 2.75) is 25.4 Å². The fourth-order valence-corrected chi connectivity index (χ4v) is 3.37. The van der Waals surface area contributed by atoms with Crippen LogP contribution in [-0.2, 0) is 6.54 Å². The SMILES string of the molecule is NC(=S)c1ccc(CN2CCN3CCCC3C2)cc1. The summed E-state index contributed by atoms with van der Waals surface area (Å²) in [7, 11) is 0. The number of rotatable bonds is 3. The van der Waals surface area contributed by atoms with E-state index in [2.05, 4.69) is 21.9 Å². The Balaban J connectivity index is 1.60. The first kappa shape index (κ1) is 13.0. The molecule has 102 valence electrons. The second kappa shape index (κ2) is 5.57. The van der Waals surface area contributed by atoms with Gasteiger partial charge >= 0.3 is 0 Å². The van der Waals surface area contributed by atoms with Crippen molar-refractivity contribution in [1.82, 2.24) is 9.80 Å². The highest BCUT2D eigenvalue weighted by Gasteiger charge is 2.30. The molecule has 0 aromatic heterocycles. The Morgan fingerprint density at radius 2 is 2.00 bits per heavy atom. The number of hydrogen-bond donors (Lipinski definition) is 1. The number of hydrogen-bond acceptors (Lipinski definition) is 3. The summed E-state index contributed by atoms with van der Waals surface area (Å²) in [5.41, 5.74) is 7.93. The lowest BCUT2D eigenvalue weighted by Gasteiger charge is -2.37. The average Bonchev–Trinajstić information content (AvgIpc) is 2.87. The van der Waals surface area contributed by atoms with Crippen LogP contribution in [-0.4, -0.2) is 47.0 Å². The molecule has 2 fully saturated rings. The van der Waals surface area contributed by atoms with Gasteiger partial charge in [-0.1, -0.05) is 36.5 Å². The first-order valence-electron chi connectivity index (χ1n) is 7.07. The third kappa shape index (κ3) is 2.96. The molecule has 3 nitrogen and oxygen atoms in total. The maximum absolute atomic E-state index is 5.62. The second-order valence-electron chi connectivity index (χ2n) is 5.63. The van der Waals surface area contributed by atoms with E-state index < -0.39 is 0 Å². The summed E-state index contributed by atoms with van der Waals surface area (Å²) in [6.07, 6.45) is 2.75. The molecule has 2 saturated heterocycles. The summed E-state index contributed by atoms with van der Waals surface area (Å²) in [6.45, 7) is 5.99. The van der Waals surface area contributed by atoms with E-state index in [4.69, 9.17) is 18.0 Å². The smallest absolute Gasteiger partial charge is 0.103 e. The molecule has 1 atom stereocenters. The van der Waals surface area contributed by atoms with E-state index >= 15 is 0 Å². The van der Waals surface area contributed by atoms with Gasteiger partial charge in [0.25, 0.3) is 0 Å². The average molecular weight is 275 g/mol. The van der Waals surface area contributed by atoms with Crippen molar-refractivity contribution in [2.75, 3.05) is 26.2 Å². The molecule has 0 spiro atoms. The lowest BCUT2D eigenvalue weighted by Crippen LogP contribution is -2.49. The van der Waals surface area contributed by atoms with Crippen molar-refractivity contribution < 1.29 is 0 Å². The number of piperazine rings is 1. The number of nitrogens with two attached hydrogens (primary N) is 1. The molecule has 0 aliphatic carbocycles. The summed E-state index contributed by atoms with van der Waals surface area (Å²) in [5, 5.41) is 0. The molecule has 1 unspecified atom stereocenters. The third-order valence-electron chi connectivity index (χ3n) is 4.32. The van der Waals surface area contributed by atoms with E-state index in [1.54, 1.807) is 0 Å². The van der Waals surface area contributed by atoms with Crippen LogP contribution in [0.1, 0.15) is 24.0 Å². The zero-order valence-electron chi connectivity index (χ0n) is 11.2. The molecule has 1 aromatic rings. The largest absolute Gasteiger partial charge is 0.389 e. The molecule has 2 N–H and O–H groups in total. The Bertz CT molecular complexity index is 457. The van der Waals surface area contributed by atoms with Crippen LogP contribution in [0.2, 0.25) is 0 Å². The minimum atomic E-state index is 0.478. The highest BCUT2D eigenvalue weighted by atomic mass is 32.1. The van der Waals surface area contributed by atoms with Gasteiger partial charge in [-0.15, -0.1) is 0 Å². The molecular formula is C15H21N3S. The van der Waals surface area contributed by atoms with Crippen molar-refractivity contribution in [2.24, 2.45) is 5.73 Å². The quantitative estimate of drug-likeness (QED) is 0.849. The fraction of sp³-hybridized carbons (Fsp3) is 0.533. The second-order valence-corrected chi connectivity index (χ2v) is 6.07. The topological polar surface area (TPSA) is 32.5 Å². The van der Waals surface area contributed by atoms with Gasteiger partial charge < -0.3 is 5.73 Å². The zero-order valence-corrected chi connectivity index (χ0v) is 12.0. The van der Waals surface area contributed by atoms with Gasteiger partial charge in [0.05, 0.1) is 0 Å². The predicted molar refractivity (Wildman–Crippen MR) is 82.2 cm³/mol. The molecule has 0 radical (unpaired) electrons. The number of fused-ring (bicyclic) bond motifs is 1. The Hall–Kier alpha value is -0.970. The minimum Gasteiger partial charge on any atom is -0.389 e. The third-order valence-corrected chi connectivity index (χ3v) is 4.55. The van der Waals surface area contributed by atoms with Crippen LogP contribution >= 0.6 is 12.2 Å². The Labute approximate surface area is 120 Å². The fourth-order valence-electron chi connectivity index (χ4n) is 3.23. The summed E-state index contributed by atoms with van der Waals surface area (Å²) in [4.78, 5) is 5.69. The molecule has 1 aromatic carbocycles. The molecular weight excluding hydrogens is 254 g/mol. The normalized spacial score (nSPS) is 24.3. The summed E-state index contributed by atoms with van der Waals surface area (Å²) < 4.78 is 0. The van der Waals surface area contributed by atoms with Gasteiger partial charge in [0.15, 0.2) is 0 Å². The van der Waals surface area contributed by atoms with Crippen LogP contribution in [0.4, 0.5) is 0 Å². The van der Waals surface area contributed by atoms with E-state index in [0.29, 0.717) is 4.99 Å². The van der Waals surface area contributed by atoms with Gasteiger partial charge in [0.2, 0.25) is 0 Å². The number of nitrogens with zero attached hydrogens (tertiary/aromatic N) is 2. The van der Waals surface area contributed by atoms with Crippen molar-refractivity contribution in [3.8, 4) is 0 Å². The molecule has 2 aliphatic heterocycles. The van der Waals surface area contributed by atoms with E-state index in [0.717, 1.165) is 18.2 Å². The Morgan fingerprint density at radius 3 is 2.74 bits per heavy atom. The van der Waals surface area contributed by atoms with Crippen molar-refractivity contribution in [3.63, 3.8) is 0 Å². The molecule has 4 heteroatoms. The van der Waals surface area contributed by atoms with E-state index in [1.165, 1.54) is 44.6 Å². The van der Waals surface area contributed by atoms with Crippen LogP contribution in [0.25, 0.3) is 0 Å². The number of thiocarbonyl (C=S) groups is 1. The van der Waals surface area contributed by atoms with Gasteiger partial charge in [-0.25, -0.2) is 0 Å². The molecule has 19 heavy (non-hydrogen) atoms. The summed E-state index contributed by atoms with van der Waals surface area (Å²) >= 11 is 4.98. The lowest BCUT2D eigenvalue weighted by atomic mass is 10.1. The molecule has 2 aliphatic rings. The summed E-state index contributed by atoms with van der Waals surface area (Å²) in [5.74, 6) is 0. The Morgan fingerprint density at radius 1 is 1.21 bits per heavy atom. The highest BCUT2D eigenvalue weighted by molar-refractivity contribution is 7.80. The number of benzene rings is 1. The van der Waals surface area contributed by atoms with Gasteiger partial charge in [-0.2, -0.15) is 0 Å². The first-order chi connectivity index (χ1) is 9.22. The minimum absolute atomic E-state index is 0.478. The molecule has 3 rings (SSSR count). The molecule has 2 heterocycles. The van der Waals surface area contributed by atoms with Crippen LogP contribution in [0.5, 0.6) is 0 Å². The van der Waals surface area contributed by atoms with Crippen LogP contribution < -0.4 is 5.73 Å². The zero-order chi connectivity index (χ0) is 13.2. The Kier molecular flexibility index (Phi) is 3.82.